The number of carbonyl (C=O) groups is 1. The quantitative estimate of drug-likeness (QED) is 0.634. The summed E-state index contributed by atoms with van der Waals surface area (Å²) in [4.78, 5) is 14.3. The molecule has 174 valence electrons. The third-order valence-electron chi connectivity index (χ3n) is 5.40. The van der Waals surface area contributed by atoms with Gasteiger partial charge in [0, 0.05) is 36.2 Å². The van der Waals surface area contributed by atoms with Crippen molar-refractivity contribution in [2.45, 2.75) is 44.6 Å². The smallest absolute Gasteiger partial charge is 0.459 e. The minimum Gasteiger partial charge on any atom is -0.459 e. The zero-order valence-corrected chi connectivity index (χ0v) is 17.5. The van der Waals surface area contributed by atoms with Crippen LogP contribution in [0.25, 0.3) is 5.76 Å². The van der Waals surface area contributed by atoms with Crippen LogP contribution in [0.1, 0.15) is 17.7 Å². The van der Waals surface area contributed by atoms with Gasteiger partial charge in [0.1, 0.15) is 11.5 Å². The van der Waals surface area contributed by atoms with Crippen molar-refractivity contribution in [3.8, 4) is 11.9 Å². The molecule has 0 radical (unpaired) electrons. The number of aryl methyl sites for hydroxylation is 1. The number of hydrogen-bond donors (Lipinski definition) is 2. The largest absolute Gasteiger partial charge is 0.573 e. The van der Waals surface area contributed by atoms with Crippen LogP contribution in [-0.4, -0.2) is 51.8 Å². The van der Waals surface area contributed by atoms with Gasteiger partial charge in [-0.3, -0.25) is 9.48 Å². The minimum absolute atomic E-state index is 0.110. The summed E-state index contributed by atoms with van der Waals surface area (Å²) in [6.07, 6.45) is -0.0300. The zero-order valence-electron chi connectivity index (χ0n) is 17.5. The molecule has 1 aromatic carbocycles. The lowest BCUT2D eigenvalue weighted by Gasteiger charge is -2.18. The standard InChI is InChI=1S/C21H21F3N6O3/c1-13-5-6-27-30(13)11-16-8-15(10-29(16)12-25)28-19(31)20-26-9-18(32-20)14-3-2-4-17(7-14)33-21(22,23)24/h2-7,9,15-16,20,26H,8,10-11H2,1H3,(H,28,31)/t15-,16+,20?/m1/s1. The molecule has 4 rings (SSSR count). The lowest BCUT2D eigenvalue weighted by atomic mass is 10.1. The normalized spacial score (nSPS) is 22.2. The van der Waals surface area contributed by atoms with Gasteiger partial charge >= 0.3 is 6.36 Å². The second kappa shape index (κ2) is 8.93. The van der Waals surface area contributed by atoms with Crippen LogP contribution < -0.4 is 15.4 Å². The molecular weight excluding hydrogens is 441 g/mol. The molecule has 9 nitrogen and oxygen atoms in total. The molecule has 0 aliphatic carbocycles. The van der Waals surface area contributed by atoms with Gasteiger partial charge in [-0.25, -0.2) is 0 Å². The SMILES string of the molecule is Cc1ccnn1C[C@@H]1C[C@@H](NC(=O)C2NC=C(c3cccc(OC(F)(F)F)c3)O2)CN1C#N. The first kappa shape index (κ1) is 22.3. The van der Waals surface area contributed by atoms with Crippen LogP contribution in [0.15, 0.2) is 42.7 Å². The van der Waals surface area contributed by atoms with Gasteiger partial charge in [-0.15, -0.1) is 13.2 Å². The maximum atomic E-state index is 12.7. The van der Waals surface area contributed by atoms with E-state index in [1.807, 2.05) is 17.7 Å². The van der Waals surface area contributed by atoms with Crippen LogP contribution in [0.4, 0.5) is 13.2 Å². The molecule has 1 unspecified atom stereocenters. The predicted octanol–water partition coefficient (Wildman–Crippen LogP) is 2.07. The molecule has 12 heteroatoms. The van der Waals surface area contributed by atoms with E-state index in [0.717, 1.165) is 5.69 Å². The van der Waals surface area contributed by atoms with Gasteiger partial charge in [-0.1, -0.05) is 12.1 Å². The number of benzene rings is 1. The molecule has 33 heavy (non-hydrogen) atoms. The fourth-order valence-corrected chi connectivity index (χ4v) is 3.86. The molecular formula is C21H21F3N6O3. The van der Waals surface area contributed by atoms with Gasteiger partial charge in [0.25, 0.3) is 5.91 Å². The van der Waals surface area contributed by atoms with Gasteiger partial charge in [0.05, 0.1) is 12.6 Å². The van der Waals surface area contributed by atoms with Crippen molar-refractivity contribution in [3.63, 3.8) is 0 Å². The molecule has 0 saturated carbocycles. The molecule has 1 fully saturated rings. The molecule has 2 aliphatic heterocycles. The van der Waals surface area contributed by atoms with Gasteiger partial charge in [-0.2, -0.15) is 10.4 Å². The number of hydrogen-bond acceptors (Lipinski definition) is 7. The fourth-order valence-electron chi connectivity index (χ4n) is 3.86. The number of rotatable bonds is 6. The number of nitrogens with zero attached hydrogens (tertiary/aromatic N) is 4. The molecule has 1 saturated heterocycles. The van der Waals surface area contributed by atoms with E-state index >= 15 is 0 Å². The van der Waals surface area contributed by atoms with E-state index in [1.165, 1.54) is 24.4 Å². The Kier molecular flexibility index (Phi) is 6.04. The first-order valence-electron chi connectivity index (χ1n) is 10.2. The highest BCUT2D eigenvalue weighted by atomic mass is 19.4. The summed E-state index contributed by atoms with van der Waals surface area (Å²) in [6, 6.07) is 6.78. The van der Waals surface area contributed by atoms with E-state index in [9.17, 15) is 23.2 Å². The maximum Gasteiger partial charge on any atom is 0.573 e. The molecule has 3 atom stereocenters. The second-order valence-electron chi connectivity index (χ2n) is 7.75. The first-order valence-corrected chi connectivity index (χ1v) is 10.2. The Balaban J connectivity index is 1.33. The molecule has 1 amide bonds. The van der Waals surface area contributed by atoms with Gasteiger partial charge < -0.3 is 25.0 Å². The van der Waals surface area contributed by atoms with Crippen LogP contribution in [-0.2, 0) is 16.1 Å². The summed E-state index contributed by atoms with van der Waals surface area (Å²) in [6.45, 7) is 2.81. The van der Waals surface area contributed by atoms with Crippen LogP contribution >= 0.6 is 0 Å². The van der Waals surface area contributed by atoms with E-state index < -0.39 is 24.2 Å². The van der Waals surface area contributed by atoms with Crippen LogP contribution in [0.3, 0.4) is 0 Å². The molecule has 2 aliphatic rings. The minimum atomic E-state index is -4.81. The number of halogens is 3. The molecule has 0 bridgehead atoms. The topological polar surface area (TPSA) is 104 Å². The molecule has 2 aromatic rings. The number of aromatic nitrogens is 2. The highest BCUT2D eigenvalue weighted by Gasteiger charge is 2.36. The summed E-state index contributed by atoms with van der Waals surface area (Å²) in [5.74, 6) is -0.624. The molecule has 0 spiro atoms. The van der Waals surface area contributed by atoms with E-state index in [-0.39, 0.29) is 17.8 Å². The average molecular weight is 462 g/mol. The maximum absolute atomic E-state index is 12.7. The van der Waals surface area contributed by atoms with E-state index in [1.54, 1.807) is 17.2 Å². The van der Waals surface area contributed by atoms with Crippen LogP contribution in [0.2, 0.25) is 0 Å². The third-order valence-corrected chi connectivity index (χ3v) is 5.40. The monoisotopic (exact) mass is 462 g/mol. The molecule has 1 aromatic heterocycles. The zero-order chi connectivity index (χ0) is 23.6. The summed E-state index contributed by atoms with van der Waals surface area (Å²) < 4.78 is 48.7. The van der Waals surface area contributed by atoms with Gasteiger partial charge in [0.2, 0.25) is 6.23 Å². The Labute approximate surface area is 187 Å². The lowest BCUT2D eigenvalue weighted by Crippen LogP contribution is -2.46. The van der Waals surface area contributed by atoms with Gasteiger partial charge in [0.15, 0.2) is 6.19 Å². The number of alkyl halides is 3. The van der Waals surface area contributed by atoms with E-state index in [2.05, 4.69) is 26.7 Å². The Morgan fingerprint density at radius 2 is 2.24 bits per heavy atom. The predicted molar refractivity (Wildman–Crippen MR) is 109 cm³/mol. The number of likely N-dealkylation sites (tertiary alicyclic amines) is 1. The third kappa shape index (κ3) is 5.31. The highest BCUT2D eigenvalue weighted by molar-refractivity contribution is 5.83. The van der Waals surface area contributed by atoms with Crippen molar-refractivity contribution >= 4 is 11.7 Å². The Morgan fingerprint density at radius 3 is 2.94 bits per heavy atom. The molecule has 3 heterocycles. The van der Waals surface area contributed by atoms with Crippen molar-refractivity contribution in [1.29, 1.82) is 5.26 Å². The Morgan fingerprint density at radius 1 is 1.42 bits per heavy atom. The second-order valence-corrected chi connectivity index (χ2v) is 7.75. The van der Waals surface area contributed by atoms with Crippen LogP contribution in [0, 0.1) is 18.4 Å². The number of nitrogens with one attached hydrogen (secondary N) is 2. The Hall–Kier alpha value is -3.88. The van der Waals surface area contributed by atoms with Crippen molar-refractivity contribution in [3.05, 3.63) is 54.0 Å². The Bertz CT molecular complexity index is 1090. The van der Waals surface area contributed by atoms with E-state index in [0.29, 0.717) is 25.1 Å². The summed E-state index contributed by atoms with van der Waals surface area (Å²) in [5.41, 5.74) is 1.30. The average Bonchev–Trinajstić information content (AvgIpc) is 3.48. The highest BCUT2D eigenvalue weighted by Crippen LogP contribution is 2.28. The van der Waals surface area contributed by atoms with Crippen molar-refractivity contribution in [2.24, 2.45) is 0 Å². The van der Waals surface area contributed by atoms with Crippen molar-refractivity contribution < 1.29 is 27.4 Å². The fraction of sp³-hybridized carbons (Fsp3) is 0.381. The van der Waals surface area contributed by atoms with Crippen LogP contribution in [0.5, 0.6) is 5.75 Å². The van der Waals surface area contributed by atoms with Crippen molar-refractivity contribution in [2.75, 3.05) is 6.54 Å². The number of carbonyl (C=O) groups excluding carboxylic acids is 1. The number of amides is 1. The van der Waals surface area contributed by atoms with E-state index in [4.69, 9.17) is 4.74 Å². The summed E-state index contributed by atoms with van der Waals surface area (Å²) >= 11 is 0. The number of nitriles is 1. The summed E-state index contributed by atoms with van der Waals surface area (Å²) in [5, 5.41) is 19.3. The van der Waals surface area contributed by atoms with Crippen molar-refractivity contribution in [1.82, 2.24) is 25.3 Å². The first-order chi connectivity index (χ1) is 15.7. The summed E-state index contributed by atoms with van der Waals surface area (Å²) in [7, 11) is 0. The molecule has 2 N–H and O–H groups in total. The lowest BCUT2D eigenvalue weighted by molar-refractivity contribution is -0.274. The number of ether oxygens (including phenoxy) is 2. The van der Waals surface area contributed by atoms with Gasteiger partial charge in [-0.05, 0) is 31.5 Å².